The Morgan fingerprint density at radius 1 is 1.17 bits per heavy atom. The van der Waals surface area contributed by atoms with Crippen molar-refractivity contribution in [3.63, 3.8) is 0 Å². The number of benzene rings is 2. The Kier molecular flexibility index (Phi) is 6.00. The smallest absolute Gasteiger partial charge is 0.170 e. The lowest BCUT2D eigenvalue weighted by Crippen LogP contribution is -2.37. The molecule has 1 unspecified atom stereocenters. The number of aromatic nitrogens is 1. The van der Waals surface area contributed by atoms with E-state index < -0.39 is 0 Å². The lowest BCUT2D eigenvalue weighted by molar-refractivity contribution is 0.154. The molecule has 3 aromatic rings. The standard InChI is InChI=1S/C23H27FN2O3/c1-16(15-28-21-6-4-3-5-20(21)27-2)14-26-11-9-17(10-12-26)23-19-8-7-18(24)13-22(19)29-25-23/h3-8,13,16-17H,9-12,14-15H2,1-2H3. The van der Waals surface area contributed by atoms with Gasteiger partial charge in [0.05, 0.1) is 19.4 Å². The minimum Gasteiger partial charge on any atom is -0.493 e. The van der Waals surface area contributed by atoms with Gasteiger partial charge in [0.2, 0.25) is 0 Å². The van der Waals surface area contributed by atoms with Crippen molar-refractivity contribution in [2.24, 2.45) is 5.92 Å². The van der Waals surface area contributed by atoms with Crippen LogP contribution in [0.15, 0.2) is 47.0 Å². The molecule has 0 amide bonds. The summed E-state index contributed by atoms with van der Waals surface area (Å²) >= 11 is 0. The maximum absolute atomic E-state index is 13.4. The molecule has 2 heterocycles. The van der Waals surface area contributed by atoms with Crippen LogP contribution in [0.5, 0.6) is 11.5 Å². The summed E-state index contributed by atoms with van der Waals surface area (Å²) < 4.78 is 30.0. The van der Waals surface area contributed by atoms with Crippen molar-refractivity contribution in [3.05, 3.63) is 54.0 Å². The molecule has 1 saturated heterocycles. The number of hydrogen-bond donors (Lipinski definition) is 0. The van der Waals surface area contributed by atoms with Gasteiger partial charge in [0, 0.05) is 29.8 Å². The van der Waals surface area contributed by atoms with E-state index in [4.69, 9.17) is 14.0 Å². The van der Waals surface area contributed by atoms with Crippen LogP contribution in [0, 0.1) is 11.7 Å². The molecular weight excluding hydrogens is 371 g/mol. The van der Waals surface area contributed by atoms with Gasteiger partial charge >= 0.3 is 0 Å². The zero-order chi connectivity index (χ0) is 20.2. The van der Waals surface area contributed by atoms with E-state index >= 15 is 0 Å². The summed E-state index contributed by atoms with van der Waals surface area (Å²) in [5.41, 5.74) is 1.50. The summed E-state index contributed by atoms with van der Waals surface area (Å²) in [5, 5.41) is 5.17. The van der Waals surface area contributed by atoms with Crippen LogP contribution in [0.2, 0.25) is 0 Å². The number of fused-ring (bicyclic) bond motifs is 1. The third-order valence-electron chi connectivity index (χ3n) is 5.60. The molecule has 0 spiro atoms. The summed E-state index contributed by atoms with van der Waals surface area (Å²) in [5.74, 6) is 2.03. The van der Waals surface area contributed by atoms with Crippen molar-refractivity contribution in [1.82, 2.24) is 10.1 Å². The average molecular weight is 398 g/mol. The first kappa shape index (κ1) is 19.7. The second kappa shape index (κ2) is 8.82. The third kappa shape index (κ3) is 4.53. The number of piperidine rings is 1. The Morgan fingerprint density at radius 3 is 2.69 bits per heavy atom. The highest BCUT2D eigenvalue weighted by atomic mass is 19.1. The van der Waals surface area contributed by atoms with Gasteiger partial charge in [-0.15, -0.1) is 0 Å². The van der Waals surface area contributed by atoms with E-state index in [-0.39, 0.29) is 5.82 Å². The van der Waals surface area contributed by atoms with E-state index in [1.165, 1.54) is 12.1 Å². The summed E-state index contributed by atoms with van der Waals surface area (Å²) in [6.45, 7) is 5.88. The molecule has 2 aromatic carbocycles. The molecule has 1 aromatic heterocycles. The first-order chi connectivity index (χ1) is 14.1. The maximum atomic E-state index is 13.4. The van der Waals surface area contributed by atoms with Gasteiger partial charge in [-0.1, -0.05) is 24.2 Å². The molecule has 0 N–H and O–H groups in total. The molecule has 0 aliphatic carbocycles. The second-order valence-corrected chi connectivity index (χ2v) is 7.85. The second-order valence-electron chi connectivity index (χ2n) is 7.85. The van der Waals surface area contributed by atoms with Crippen molar-refractivity contribution >= 4 is 11.0 Å². The van der Waals surface area contributed by atoms with Crippen molar-refractivity contribution in [3.8, 4) is 11.5 Å². The number of para-hydroxylation sites is 2. The van der Waals surface area contributed by atoms with Gasteiger partial charge in [0.25, 0.3) is 0 Å². The number of rotatable bonds is 7. The fourth-order valence-electron chi connectivity index (χ4n) is 4.08. The molecule has 1 aliphatic rings. The van der Waals surface area contributed by atoms with Crippen molar-refractivity contribution < 1.29 is 18.4 Å². The molecule has 0 saturated carbocycles. The van der Waals surface area contributed by atoms with Gasteiger partial charge < -0.3 is 18.9 Å². The largest absolute Gasteiger partial charge is 0.493 e. The zero-order valence-corrected chi connectivity index (χ0v) is 16.9. The molecule has 6 heteroatoms. The highest BCUT2D eigenvalue weighted by Gasteiger charge is 2.26. The molecular formula is C23H27FN2O3. The van der Waals surface area contributed by atoms with Crippen LogP contribution in [0.25, 0.3) is 11.0 Å². The molecule has 1 aliphatic heterocycles. The van der Waals surface area contributed by atoms with E-state index in [9.17, 15) is 4.39 Å². The van der Waals surface area contributed by atoms with Crippen LogP contribution < -0.4 is 9.47 Å². The average Bonchev–Trinajstić information content (AvgIpc) is 3.16. The molecule has 154 valence electrons. The van der Waals surface area contributed by atoms with E-state index in [0.717, 1.165) is 55.1 Å². The fourth-order valence-corrected chi connectivity index (χ4v) is 4.08. The van der Waals surface area contributed by atoms with Gasteiger partial charge in [-0.05, 0) is 50.2 Å². The maximum Gasteiger partial charge on any atom is 0.170 e. The predicted molar refractivity (Wildman–Crippen MR) is 110 cm³/mol. The molecule has 4 rings (SSSR count). The summed E-state index contributed by atoms with van der Waals surface area (Å²) in [6.07, 6.45) is 2.05. The fraction of sp³-hybridized carbons (Fsp3) is 0.435. The lowest BCUT2D eigenvalue weighted by atomic mass is 9.91. The molecule has 1 fully saturated rings. The van der Waals surface area contributed by atoms with E-state index in [2.05, 4.69) is 17.0 Å². The molecule has 0 radical (unpaired) electrons. The number of ether oxygens (including phenoxy) is 2. The number of likely N-dealkylation sites (tertiary alicyclic amines) is 1. The Labute approximate surface area is 170 Å². The molecule has 29 heavy (non-hydrogen) atoms. The third-order valence-corrected chi connectivity index (χ3v) is 5.60. The topological polar surface area (TPSA) is 47.7 Å². The number of nitrogens with zero attached hydrogens (tertiary/aromatic N) is 2. The van der Waals surface area contributed by atoms with Crippen LogP contribution in [0.1, 0.15) is 31.4 Å². The molecule has 0 bridgehead atoms. The van der Waals surface area contributed by atoms with Crippen molar-refractivity contribution in [1.29, 1.82) is 0 Å². The molecule has 5 nitrogen and oxygen atoms in total. The Balaban J connectivity index is 1.28. The number of methoxy groups -OCH3 is 1. The van der Waals surface area contributed by atoms with Gasteiger partial charge in [-0.3, -0.25) is 0 Å². The first-order valence-electron chi connectivity index (χ1n) is 10.2. The predicted octanol–water partition coefficient (Wildman–Crippen LogP) is 4.87. The lowest BCUT2D eigenvalue weighted by Gasteiger charge is -2.32. The van der Waals surface area contributed by atoms with Gasteiger partial charge in [0.1, 0.15) is 5.82 Å². The van der Waals surface area contributed by atoms with Crippen LogP contribution >= 0.6 is 0 Å². The normalized spacial score (nSPS) is 16.8. The van der Waals surface area contributed by atoms with E-state index in [1.807, 2.05) is 24.3 Å². The quantitative estimate of drug-likeness (QED) is 0.568. The minimum absolute atomic E-state index is 0.292. The van der Waals surface area contributed by atoms with Crippen LogP contribution in [0.4, 0.5) is 4.39 Å². The number of halogens is 1. The monoisotopic (exact) mass is 398 g/mol. The SMILES string of the molecule is COc1ccccc1OCC(C)CN1CCC(c2noc3cc(F)ccc23)CC1. The Hall–Kier alpha value is -2.60. The van der Waals surface area contributed by atoms with Gasteiger partial charge in [0.15, 0.2) is 17.1 Å². The van der Waals surface area contributed by atoms with Gasteiger partial charge in [-0.25, -0.2) is 4.39 Å². The Bertz CT molecular complexity index is 950. The first-order valence-corrected chi connectivity index (χ1v) is 10.2. The Morgan fingerprint density at radius 2 is 1.93 bits per heavy atom. The summed E-state index contributed by atoms with van der Waals surface area (Å²) in [6, 6.07) is 12.4. The van der Waals surface area contributed by atoms with Crippen molar-refractivity contribution in [2.45, 2.75) is 25.7 Å². The van der Waals surface area contributed by atoms with E-state index in [0.29, 0.717) is 24.0 Å². The van der Waals surface area contributed by atoms with Gasteiger partial charge in [-0.2, -0.15) is 0 Å². The van der Waals surface area contributed by atoms with Crippen LogP contribution in [-0.4, -0.2) is 43.4 Å². The highest BCUT2D eigenvalue weighted by molar-refractivity contribution is 5.79. The summed E-state index contributed by atoms with van der Waals surface area (Å²) in [7, 11) is 1.66. The highest BCUT2D eigenvalue weighted by Crippen LogP contribution is 2.33. The van der Waals surface area contributed by atoms with E-state index in [1.54, 1.807) is 13.2 Å². The minimum atomic E-state index is -0.292. The molecule has 1 atom stereocenters. The van der Waals surface area contributed by atoms with Crippen molar-refractivity contribution in [2.75, 3.05) is 33.4 Å². The van der Waals surface area contributed by atoms with Crippen LogP contribution in [0.3, 0.4) is 0 Å². The zero-order valence-electron chi connectivity index (χ0n) is 16.9. The van der Waals surface area contributed by atoms with Crippen LogP contribution in [-0.2, 0) is 0 Å². The number of hydrogen-bond acceptors (Lipinski definition) is 5. The summed E-state index contributed by atoms with van der Waals surface area (Å²) in [4.78, 5) is 2.48.